The smallest absolute Gasteiger partial charge is 0.294 e. The Labute approximate surface area is 207 Å². The Morgan fingerprint density at radius 3 is 2.40 bits per heavy atom. The minimum atomic E-state index is -0.512. The molecule has 1 saturated heterocycles. The maximum atomic E-state index is 12.9. The topological polar surface area (TPSA) is 84.9 Å². The molecule has 7 nitrogen and oxygen atoms in total. The summed E-state index contributed by atoms with van der Waals surface area (Å²) < 4.78 is 11.5. The van der Waals surface area contributed by atoms with Gasteiger partial charge in [-0.25, -0.2) is 0 Å². The van der Waals surface area contributed by atoms with Crippen LogP contribution in [0.1, 0.15) is 11.1 Å². The largest absolute Gasteiger partial charge is 0.490 e. The Kier molecular flexibility index (Phi) is 7.84. The summed E-state index contributed by atoms with van der Waals surface area (Å²) >= 11 is 0.801. The second-order valence-electron chi connectivity index (χ2n) is 7.68. The van der Waals surface area contributed by atoms with E-state index in [2.05, 4.69) is 5.32 Å². The molecule has 3 aromatic rings. The second kappa shape index (κ2) is 11.4. The molecule has 0 atom stereocenters. The zero-order valence-corrected chi connectivity index (χ0v) is 19.9. The van der Waals surface area contributed by atoms with E-state index in [1.54, 1.807) is 30.3 Å². The Hall–Kier alpha value is -4.04. The highest BCUT2D eigenvalue weighted by atomic mass is 32.2. The molecule has 0 bridgehead atoms. The number of carbonyl (C=O) groups is 3. The average Bonchev–Trinajstić information content (AvgIpc) is 3.12. The van der Waals surface area contributed by atoms with Crippen LogP contribution in [0.15, 0.2) is 83.8 Å². The van der Waals surface area contributed by atoms with E-state index in [4.69, 9.17) is 9.47 Å². The highest BCUT2D eigenvalue weighted by Gasteiger charge is 2.36. The lowest BCUT2D eigenvalue weighted by Crippen LogP contribution is -2.36. The number of ether oxygens (including phenoxy) is 2. The molecule has 1 fully saturated rings. The van der Waals surface area contributed by atoms with Crippen molar-refractivity contribution in [1.82, 2.24) is 4.90 Å². The number of hydrogen-bond acceptors (Lipinski definition) is 6. The van der Waals surface area contributed by atoms with Gasteiger partial charge in [0.05, 0.1) is 4.91 Å². The van der Waals surface area contributed by atoms with Gasteiger partial charge in [0.2, 0.25) is 5.91 Å². The number of amides is 3. The van der Waals surface area contributed by atoms with Gasteiger partial charge in [-0.15, -0.1) is 0 Å². The summed E-state index contributed by atoms with van der Waals surface area (Å²) in [5.41, 5.74) is 2.19. The maximum absolute atomic E-state index is 12.9. The van der Waals surface area contributed by atoms with Crippen molar-refractivity contribution in [1.29, 1.82) is 0 Å². The van der Waals surface area contributed by atoms with E-state index in [0.717, 1.165) is 28.0 Å². The van der Waals surface area contributed by atoms with Gasteiger partial charge in [0.25, 0.3) is 11.1 Å². The molecule has 8 heteroatoms. The monoisotopic (exact) mass is 488 g/mol. The fourth-order valence-electron chi connectivity index (χ4n) is 3.38. The number of para-hydroxylation sites is 3. The summed E-state index contributed by atoms with van der Waals surface area (Å²) in [5, 5.41) is 2.26. The fraction of sp³-hybridized carbons (Fsp3) is 0.148. The van der Waals surface area contributed by atoms with Crippen LogP contribution in [0.5, 0.6) is 11.5 Å². The van der Waals surface area contributed by atoms with Crippen LogP contribution < -0.4 is 14.8 Å². The van der Waals surface area contributed by atoms with E-state index < -0.39 is 17.1 Å². The Morgan fingerprint density at radius 1 is 0.914 bits per heavy atom. The second-order valence-corrected chi connectivity index (χ2v) is 8.67. The van der Waals surface area contributed by atoms with Crippen molar-refractivity contribution in [3.8, 4) is 11.5 Å². The van der Waals surface area contributed by atoms with E-state index in [9.17, 15) is 14.4 Å². The van der Waals surface area contributed by atoms with Crippen molar-refractivity contribution in [3.05, 3.63) is 94.9 Å². The summed E-state index contributed by atoms with van der Waals surface area (Å²) in [6.07, 6.45) is 1.61. The van der Waals surface area contributed by atoms with Gasteiger partial charge in [0, 0.05) is 11.3 Å². The van der Waals surface area contributed by atoms with Crippen molar-refractivity contribution >= 4 is 40.6 Å². The van der Waals surface area contributed by atoms with Crippen molar-refractivity contribution in [2.75, 3.05) is 25.1 Å². The van der Waals surface area contributed by atoms with Crippen molar-refractivity contribution in [2.24, 2.45) is 0 Å². The van der Waals surface area contributed by atoms with Crippen LogP contribution in [0.2, 0.25) is 0 Å². The minimum absolute atomic E-state index is 0.232. The summed E-state index contributed by atoms with van der Waals surface area (Å²) in [6, 6.07) is 24.0. The summed E-state index contributed by atoms with van der Waals surface area (Å²) in [5.74, 6) is 0.366. The number of nitrogens with one attached hydrogen (secondary N) is 1. The van der Waals surface area contributed by atoms with Crippen LogP contribution in [0, 0.1) is 6.92 Å². The third kappa shape index (κ3) is 6.30. The van der Waals surface area contributed by atoms with Crippen LogP contribution >= 0.6 is 11.8 Å². The number of imide groups is 1. The lowest BCUT2D eigenvalue weighted by Gasteiger charge is -2.13. The van der Waals surface area contributed by atoms with Gasteiger partial charge in [-0.2, -0.15) is 0 Å². The molecule has 4 rings (SSSR count). The molecule has 3 amide bonds. The number of aryl methyl sites for hydroxylation is 1. The molecule has 1 N–H and O–H groups in total. The number of benzene rings is 3. The van der Waals surface area contributed by atoms with Gasteiger partial charge in [-0.05, 0) is 54.6 Å². The molecule has 35 heavy (non-hydrogen) atoms. The highest BCUT2D eigenvalue weighted by Crippen LogP contribution is 2.34. The Morgan fingerprint density at radius 2 is 1.60 bits per heavy atom. The van der Waals surface area contributed by atoms with Crippen LogP contribution in [0.4, 0.5) is 10.5 Å². The van der Waals surface area contributed by atoms with E-state index in [-0.39, 0.29) is 11.4 Å². The molecule has 1 aliphatic rings. The molecule has 0 radical (unpaired) electrons. The molecule has 178 valence electrons. The maximum Gasteiger partial charge on any atom is 0.294 e. The standard InChI is InChI=1S/C27H24N2O5S/c1-19-9-5-7-13-22(19)28-25(30)18-29-26(31)24(35-27(29)32)17-20-10-6-8-14-23(20)34-16-15-33-21-11-3-2-4-12-21/h2-14,17H,15-16,18H2,1H3,(H,28,30)/b24-17+. The normalized spacial score (nSPS) is 14.3. The minimum Gasteiger partial charge on any atom is -0.490 e. The van der Waals surface area contributed by atoms with E-state index in [1.165, 1.54) is 0 Å². The molecule has 0 spiro atoms. The van der Waals surface area contributed by atoms with Gasteiger partial charge in [-0.3, -0.25) is 19.3 Å². The molecule has 3 aromatic carbocycles. The number of thioether (sulfide) groups is 1. The summed E-state index contributed by atoms with van der Waals surface area (Å²) in [6.45, 7) is 2.17. The third-order valence-electron chi connectivity index (χ3n) is 5.15. The number of nitrogens with zero attached hydrogens (tertiary/aromatic N) is 1. The third-order valence-corrected chi connectivity index (χ3v) is 6.06. The molecule has 0 aromatic heterocycles. The van der Waals surface area contributed by atoms with Gasteiger partial charge in [0.1, 0.15) is 31.3 Å². The molecule has 1 aliphatic heterocycles. The van der Waals surface area contributed by atoms with Crippen molar-refractivity contribution < 1.29 is 23.9 Å². The number of anilines is 1. The molecule has 0 unspecified atom stereocenters. The first-order valence-corrected chi connectivity index (χ1v) is 11.8. The molecule has 0 aliphatic carbocycles. The van der Waals surface area contributed by atoms with Crippen molar-refractivity contribution in [2.45, 2.75) is 6.92 Å². The van der Waals surface area contributed by atoms with Crippen LogP contribution in [-0.4, -0.2) is 41.7 Å². The summed E-state index contributed by atoms with van der Waals surface area (Å²) in [7, 11) is 0. The number of rotatable bonds is 9. The van der Waals surface area contributed by atoms with Crippen LogP contribution in [0.3, 0.4) is 0 Å². The van der Waals surface area contributed by atoms with Crippen LogP contribution in [0.25, 0.3) is 6.08 Å². The zero-order valence-electron chi connectivity index (χ0n) is 19.1. The molecule has 0 saturated carbocycles. The SMILES string of the molecule is Cc1ccccc1NC(=O)CN1C(=O)S/C(=C/c2ccccc2OCCOc2ccccc2)C1=O. The van der Waals surface area contributed by atoms with E-state index in [0.29, 0.717) is 30.2 Å². The summed E-state index contributed by atoms with van der Waals surface area (Å²) in [4.78, 5) is 39.0. The molecular formula is C27H24N2O5S. The first kappa shape index (κ1) is 24.1. The van der Waals surface area contributed by atoms with Crippen molar-refractivity contribution in [3.63, 3.8) is 0 Å². The Bertz CT molecular complexity index is 1260. The zero-order chi connectivity index (χ0) is 24.6. The Balaban J connectivity index is 1.38. The van der Waals surface area contributed by atoms with Crippen LogP contribution in [-0.2, 0) is 9.59 Å². The quantitative estimate of drug-likeness (QED) is 0.332. The van der Waals surface area contributed by atoms with E-state index in [1.807, 2.05) is 61.5 Å². The van der Waals surface area contributed by atoms with Gasteiger partial charge in [0.15, 0.2) is 0 Å². The van der Waals surface area contributed by atoms with E-state index >= 15 is 0 Å². The number of carbonyl (C=O) groups excluding carboxylic acids is 3. The lowest BCUT2D eigenvalue weighted by atomic mass is 10.2. The number of hydrogen-bond donors (Lipinski definition) is 1. The van der Waals surface area contributed by atoms with Gasteiger partial charge >= 0.3 is 0 Å². The van der Waals surface area contributed by atoms with Gasteiger partial charge < -0.3 is 14.8 Å². The average molecular weight is 489 g/mol. The predicted octanol–water partition coefficient (Wildman–Crippen LogP) is 5.13. The lowest BCUT2D eigenvalue weighted by molar-refractivity contribution is -0.127. The first-order valence-electron chi connectivity index (χ1n) is 11.0. The fourth-order valence-corrected chi connectivity index (χ4v) is 4.21. The highest BCUT2D eigenvalue weighted by molar-refractivity contribution is 8.18. The molecular weight excluding hydrogens is 464 g/mol. The van der Waals surface area contributed by atoms with Gasteiger partial charge in [-0.1, -0.05) is 54.6 Å². The predicted molar refractivity (Wildman–Crippen MR) is 136 cm³/mol. The molecule has 1 heterocycles. The first-order chi connectivity index (χ1) is 17.0.